The highest BCUT2D eigenvalue weighted by atomic mass is 35.5. The molecule has 2 atom stereocenters. The number of nitrogens with zero attached hydrogens (tertiary/aromatic N) is 6. The molecule has 0 bridgehead atoms. The molecule has 9 nitrogen and oxygen atoms in total. The van der Waals surface area contributed by atoms with Gasteiger partial charge >= 0.3 is 5.97 Å². The van der Waals surface area contributed by atoms with E-state index in [0.29, 0.717) is 35.5 Å². The third kappa shape index (κ3) is 5.12. The third-order valence-electron chi connectivity index (χ3n) is 8.29. The largest absolute Gasteiger partial charge is 0.478 e. The number of likely N-dealkylation sites (tertiary alicyclic amines) is 1. The summed E-state index contributed by atoms with van der Waals surface area (Å²) in [6.07, 6.45) is 5.45. The summed E-state index contributed by atoms with van der Waals surface area (Å²) in [5, 5.41) is 9.89. The van der Waals surface area contributed by atoms with Gasteiger partial charge in [-0.2, -0.15) is 4.98 Å². The van der Waals surface area contributed by atoms with Crippen LogP contribution in [0, 0.1) is 11.7 Å². The Bertz CT molecular complexity index is 1800. The second-order valence-corrected chi connectivity index (χ2v) is 12.3. The van der Waals surface area contributed by atoms with Gasteiger partial charge in [0.25, 0.3) is 0 Å². The molecule has 42 heavy (non-hydrogen) atoms. The molecular formula is C30H26ClFN6O3S. The van der Waals surface area contributed by atoms with Crippen molar-refractivity contribution in [2.24, 2.45) is 5.92 Å². The number of ether oxygens (including phenoxy) is 1. The van der Waals surface area contributed by atoms with Crippen LogP contribution < -0.4 is 4.74 Å². The standard InChI is InChI=1S/C30H26ClFN6O3S/c31-21-3-1-19(23(32)10-21)16-41-27-5-7-34-29(36-27)30-6-8-37(13-20(30)11-30)15-26-35-24-4-2-18(28(39)40)9-25(24)38(26)14-22-12-33-17-42-22/h1-5,7,9-10,12,17,20H,6,8,11,13-16H2,(H,39,40)/t20-,30+/m1/s1. The van der Waals surface area contributed by atoms with Crippen LogP contribution in [0.25, 0.3) is 11.0 Å². The number of fused-ring (bicyclic) bond motifs is 2. The summed E-state index contributed by atoms with van der Waals surface area (Å²) in [7, 11) is 0. The Morgan fingerprint density at radius 1 is 1.19 bits per heavy atom. The maximum atomic E-state index is 14.2. The predicted octanol–water partition coefficient (Wildman–Crippen LogP) is 5.56. The smallest absolute Gasteiger partial charge is 0.335 e. The van der Waals surface area contributed by atoms with E-state index in [9.17, 15) is 14.3 Å². The number of aromatic nitrogens is 5. The van der Waals surface area contributed by atoms with E-state index in [2.05, 4.69) is 19.4 Å². The molecule has 0 spiro atoms. The fourth-order valence-corrected chi connectivity index (χ4v) is 6.69. The lowest BCUT2D eigenvalue weighted by Crippen LogP contribution is -2.37. The number of piperidine rings is 1. The molecule has 1 aliphatic carbocycles. The van der Waals surface area contributed by atoms with Crippen LogP contribution in [0.15, 0.2) is 60.4 Å². The summed E-state index contributed by atoms with van der Waals surface area (Å²) < 4.78 is 22.1. The number of halogens is 2. The quantitative estimate of drug-likeness (QED) is 0.233. The van der Waals surface area contributed by atoms with Crippen molar-refractivity contribution in [1.29, 1.82) is 0 Å². The molecule has 2 aromatic carbocycles. The second-order valence-electron chi connectivity index (χ2n) is 10.9. The lowest BCUT2D eigenvalue weighted by atomic mass is 9.94. The minimum atomic E-state index is -0.959. The van der Waals surface area contributed by atoms with Crippen LogP contribution in [-0.2, 0) is 25.1 Å². The molecule has 0 amide bonds. The number of benzene rings is 2. The number of aromatic carboxylic acids is 1. The summed E-state index contributed by atoms with van der Waals surface area (Å²) in [4.78, 5) is 33.6. The van der Waals surface area contributed by atoms with Crippen molar-refractivity contribution in [2.75, 3.05) is 13.1 Å². The summed E-state index contributed by atoms with van der Waals surface area (Å²) in [6.45, 7) is 3.03. The Labute approximate surface area is 249 Å². The Kier molecular flexibility index (Phi) is 6.88. The molecule has 1 saturated carbocycles. The first-order chi connectivity index (χ1) is 20.4. The van der Waals surface area contributed by atoms with E-state index >= 15 is 0 Å². The maximum Gasteiger partial charge on any atom is 0.335 e. The van der Waals surface area contributed by atoms with E-state index in [1.807, 2.05) is 6.20 Å². The topological polar surface area (TPSA) is 106 Å². The highest BCUT2D eigenvalue weighted by Gasteiger charge is 2.59. The SMILES string of the molecule is O=C(O)c1ccc2nc(CN3CC[C@]4(c5nccc(OCc6ccc(Cl)cc6F)n5)C[C@@H]4C3)n(Cc3cncs3)c2c1. The summed E-state index contributed by atoms with van der Waals surface area (Å²) >= 11 is 7.42. The molecule has 1 aliphatic heterocycles. The van der Waals surface area contributed by atoms with Gasteiger partial charge in [-0.05, 0) is 55.6 Å². The van der Waals surface area contributed by atoms with Crippen molar-refractivity contribution in [2.45, 2.75) is 38.0 Å². The second kappa shape index (κ2) is 10.7. The normalized spacial score (nSPS) is 20.0. The average molecular weight is 605 g/mol. The van der Waals surface area contributed by atoms with Crippen LogP contribution in [0.5, 0.6) is 5.88 Å². The van der Waals surface area contributed by atoms with Crippen LogP contribution in [0.1, 0.15) is 45.3 Å². The Morgan fingerprint density at radius 2 is 2.10 bits per heavy atom. The molecule has 4 heterocycles. The first-order valence-electron chi connectivity index (χ1n) is 13.6. The number of hydrogen-bond acceptors (Lipinski definition) is 8. The van der Waals surface area contributed by atoms with E-state index in [4.69, 9.17) is 26.3 Å². The van der Waals surface area contributed by atoms with Gasteiger partial charge in [-0.25, -0.2) is 19.2 Å². The van der Waals surface area contributed by atoms with Gasteiger partial charge in [0.2, 0.25) is 5.88 Å². The molecule has 0 radical (unpaired) electrons. The molecule has 7 rings (SSSR count). The summed E-state index contributed by atoms with van der Waals surface area (Å²) in [6, 6.07) is 11.3. The van der Waals surface area contributed by atoms with Crippen LogP contribution in [0.3, 0.4) is 0 Å². The van der Waals surface area contributed by atoms with Crippen molar-refractivity contribution in [1.82, 2.24) is 29.4 Å². The molecular weight excluding hydrogens is 579 g/mol. The fourth-order valence-electron chi connectivity index (χ4n) is 5.95. The van der Waals surface area contributed by atoms with Crippen LogP contribution >= 0.6 is 22.9 Å². The molecule has 12 heteroatoms. The van der Waals surface area contributed by atoms with Crippen LogP contribution in [0.2, 0.25) is 5.02 Å². The van der Waals surface area contributed by atoms with Gasteiger partial charge in [0.15, 0.2) is 0 Å². The first-order valence-corrected chi connectivity index (χ1v) is 14.9. The van der Waals surface area contributed by atoms with Crippen molar-refractivity contribution in [3.63, 3.8) is 0 Å². The van der Waals surface area contributed by atoms with Crippen molar-refractivity contribution in [3.05, 3.63) is 98.9 Å². The molecule has 5 aromatic rings. The minimum Gasteiger partial charge on any atom is -0.478 e. The lowest BCUT2D eigenvalue weighted by Gasteiger charge is -2.30. The van der Waals surface area contributed by atoms with Gasteiger partial charge in [0, 0.05) is 45.9 Å². The summed E-state index contributed by atoms with van der Waals surface area (Å²) in [5.74, 6) is 1.14. The van der Waals surface area contributed by atoms with Gasteiger partial charge in [0.05, 0.1) is 35.2 Å². The van der Waals surface area contributed by atoms with E-state index in [1.165, 1.54) is 6.07 Å². The number of carboxylic acids is 1. The highest BCUT2D eigenvalue weighted by Crippen LogP contribution is 2.58. The van der Waals surface area contributed by atoms with Crippen LogP contribution in [-0.4, -0.2) is 53.6 Å². The summed E-state index contributed by atoms with van der Waals surface area (Å²) in [5.41, 5.74) is 3.95. The molecule has 2 fully saturated rings. The van der Waals surface area contributed by atoms with Crippen molar-refractivity contribution < 1.29 is 19.0 Å². The van der Waals surface area contributed by atoms with Gasteiger partial charge in [-0.1, -0.05) is 17.7 Å². The molecule has 1 N–H and O–H groups in total. The predicted molar refractivity (Wildman–Crippen MR) is 155 cm³/mol. The average Bonchev–Trinajstić information content (AvgIpc) is 3.30. The monoisotopic (exact) mass is 604 g/mol. The number of carbonyl (C=O) groups is 1. The fraction of sp³-hybridized carbons (Fsp3) is 0.300. The number of imidazole rings is 1. The van der Waals surface area contributed by atoms with E-state index in [0.717, 1.165) is 53.5 Å². The third-order valence-corrected chi connectivity index (χ3v) is 9.29. The van der Waals surface area contributed by atoms with Gasteiger partial charge in [-0.15, -0.1) is 11.3 Å². The van der Waals surface area contributed by atoms with Gasteiger partial charge in [-0.3, -0.25) is 9.88 Å². The lowest BCUT2D eigenvalue weighted by molar-refractivity contribution is 0.0697. The first kappa shape index (κ1) is 26.9. The minimum absolute atomic E-state index is 0.0557. The Balaban J connectivity index is 1.06. The molecule has 214 valence electrons. The zero-order chi connectivity index (χ0) is 28.8. The Morgan fingerprint density at radius 3 is 2.88 bits per heavy atom. The number of carboxylic acid groups (broad SMARTS) is 1. The zero-order valence-corrected chi connectivity index (χ0v) is 24.0. The van der Waals surface area contributed by atoms with Gasteiger partial charge in [0.1, 0.15) is 24.1 Å². The number of rotatable bonds is 9. The van der Waals surface area contributed by atoms with E-state index in [1.54, 1.807) is 59.4 Å². The number of thiazole rings is 1. The van der Waals surface area contributed by atoms with E-state index < -0.39 is 11.8 Å². The zero-order valence-electron chi connectivity index (χ0n) is 22.4. The van der Waals surface area contributed by atoms with Crippen molar-refractivity contribution in [3.8, 4) is 5.88 Å². The van der Waals surface area contributed by atoms with E-state index in [-0.39, 0.29) is 17.6 Å². The molecule has 1 saturated heterocycles. The van der Waals surface area contributed by atoms with Crippen molar-refractivity contribution >= 4 is 39.9 Å². The molecule has 3 aromatic heterocycles. The molecule has 0 unspecified atom stereocenters. The Hall–Kier alpha value is -3.93. The van der Waals surface area contributed by atoms with Crippen LogP contribution in [0.4, 0.5) is 4.39 Å². The highest BCUT2D eigenvalue weighted by molar-refractivity contribution is 7.09. The molecule has 2 aliphatic rings. The number of hydrogen-bond donors (Lipinski definition) is 1. The van der Waals surface area contributed by atoms with Gasteiger partial charge < -0.3 is 14.4 Å². The maximum absolute atomic E-state index is 14.2.